The number of nitrogens with one attached hydrogen (secondary N) is 1. The summed E-state index contributed by atoms with van der Waals surface area (Å²) >= 11 is 3.40. The molecule has 0 aromatic heterocycles. The molecule has 0 aliphatic rings. The number of hydrogen-bond donors (Lipinski definition) is 1. The number of sulfonamides is 1. The fraction of sp³-hybridized carbons (Fsp3) is 0.462. The minimum Gasteiger partial charge on any atom is -0.352 e. The highest BCUT2D eigenvalue weighted by molar-refractivity contribution is 9.10. The fourth-order valence-electron chi connectivity index (χ4n) is 3.72. The number of benzene rings is 2. The van der Waals surface area contributed by atoms with E-state index in [4.69, 9.17) is 0 Å². The van der Waals surface area contributed by atoms with Crippen LogP contribution in [0.2, 0.25) is 0 Å². The SMILES string of the molecule is CC[C@@H](C)NC(=O)[C@@H](C)N(Cc1cccc(Br)c1)C(=O)CCCN(c1cccc(C(F)(F)F)c1)S(C)(=O)=O. The molecule has 2 aromatic carbocycles. The summed E-state index contributed by atoms with van der Waals surface area (Å²) in [5.74, 6) is -0.696. The Labute approximate surface area is 230 Å². The number of carbonyl (C=O) groups is 2. The molecule has 2 aromatic rings. The Kier molecular flexibility index (Phi) is 11.2. The summed E-state index contributed by atoms with van der Waals surface area (Å²) in [6.45, 7) is 5.36. The number of nitrogens with zero attached hydrogens (tertiary/aromatic N) is 2. The van der Waals surface area contributed by atoms with Crippen LogP contribution >= 0.6 is 15.9 Å². The highest BCUT2D eigenvalue weighted by atomic mass is 79.9. The molecule has 210 valence electrons. The van der Waals surface area contributed by atoms with Gasteiger partial charge in [0.1, 0.15) is 6.04 Å². The predicted molar refractivity (Wildman–Crippen MR) is 145 cm³/mol. The maximum atomic E-state index is 13.3. The predicted octanol–water partition coefficient (Wildman–Crippen LogP) is 5.35. The molecule has 0 fully saturated rings. The molecule has 0 radical (unpaired) electrons. The number of alkyl halides is 3. The first-order valence-corrected chi connectivity index (χ1v) is 14.8. The molecule has 0 bridgehead atoms. The lowest BCUT2D eigenvalue weighted by Gasteiger charge is -2.30. The van der Waals surface area contributed by atoms with Crippen LogP contribution < -0.4 is 9.62 Å². The molecule has 1 N–H and O–H groups in total. The highest BCUT2D eigenvalue weighted by Gasteiger charge is 2.32. The van der Waals surface area contributed by atoms with Crippen LogP contribution in [0.25, 0.3) is 0 Å². The minimum atomic E-state index is -4.63. The van der Waals surface area contributed by atoms with E-state index in [0.29, 0.717) is 0 Å². The molecule has 0 saturated carbocycles. The summed E-state index contributed by atoms with van der Waals surface area (Å²) in [5, 5.41) is 2.87. The first kappa shape index (κ1) is 31.6. The average Bonchev–Trinajstić information content (AvgIpc) is 2.83. The monoisotopic (exact) mass is 619 g/mol. The number of hydrogen-bond acceptors (Lipinski definition) is 4. The minimum absolute atomic E-state index is 0.0385. The van der Waals surface area contributed by atoms with E-state index >= 15 is 0 Å². The molecule has 0 heterocycles. The second kappa shape index (κ2) is 13.5. The number of halogens is 4. The molecule has 2 rings (SSSR count). The third-order valence-electron chi connectivity index (χ3n) is 6.02. The van der Waals surface area contributed by atoms with Gasteiger partial charge in [0.25, 0.3) is 0 Å². The lowest BCUT2D eigenvalue weighted by Crippen LogP contribution is -2.49. The molecule has 0 aliphatic heterocycles. The topological polar surface area (TPSA) is 86.8 Å². The molecule has 12 heteroatoms. The van der Waals surface area contributed by atoms with Crippen LogP contribution in [0.15, 0.2) is 53.0 Å². The molecular weight excluding hydrogens is 587 g/mol. The lowest BCUT2D eigenvalue weighted by molar-refractivity contribution is -0.140. The molecule has 0 aliphatic carbocycles. The first-order chi connectivity index (χ1) is 17.6. The average molecular weight is 621 g/mol. The summed E-state index contributed by atoms with van der Waals surface area (Å²) in [4.78, 5) is 27.6. The van der Waals surface area contributed by atoms with Crippen molar-refractivity contribution in [3.63, 3.8) is 0 Å². The number of anilines is 1. The van der Waals surface area contributed by atoms with Crippen LogP contribution in [0.4, 0.5) is 18.9 Å². The first-order valence-electron chi connectivity index (χ1n) is 12.1. The van der Waals surface area contributed by atoms with Gasteiger partial charge in [0, 0.05) is 30.0 Å². The van der Waals surface area contributed by atoms with Crippen molar-refractivity contribution in [3.8, 4) is 0 Å². The zero-order valence-electron chi connectivity index (χ0n) is 21.8. The van der Waals surface area contributed by atoms with Gasteiger partial charge in [-0.2, -0.15) is 13.2 Å². The normalized spacial score (nSPS) is 13.5. The molecule has 38 heavy (non-hydrogen) atoms. The Bertz CT molecular complexity index is 1220. The molecule has 7 nitrogen and oxygen atoms in total. The maximum Gasteiger partial charge on any atom is 0.416 e. The van der Waals surface area contributed by atoms with E-state index < -0.39 is 27.8 Å². The summed E-state index contributed by atoms with van der Waals surface area (Å²) in [6.07, 6.45) is -3.09. The van der Waals surface area contributed by atoms with Gasteiger partial charge in [0.15, 0.2) is 0 Å². The van der Waals surface area contributed by atoms with Crippen LogP contribution in [0.1, 0.15) is 51.2 Å². The van der Waals surface area contributed by atoms with Gasteiger partial charge in [-0.05, 0) is 62.6 Å². The quantitative estimate of drug-likeness (QED) is 0.347. The van der Waals surface area contributed by atoms with E-state index in [-0.39, 0.29) is 49.5 Å². The number of carbonyl (C=O) groups excluding carboxylic acids is 2. The second-order valence-electron chi connectivity index (χ2n) is 9.13. The van der Waals surface area contributed by atoms with Gasteiger partial charge in [0.05, 0.1) is 17.5 Å². The van der Waals surface area contributed by atoms with E-state index in [0.717, 1.165) is 45.2 Å². The Morgan fingerprint density at radius 1 is 1.08 bits per heavy atom. The van der Waals surface area contributed by atoms with Crippen LogP contribution in [0.5, 0.6) is 0 Å². The van der Waals surface area contributed by atoms with Crippen molar-refractivity contribution in [1.29, 1.82) is 0 Å². The number of rotatable bonds is 12. The second-order valence-corrected chi connectivity index (χ2v) is 12.0. The molecule has 2 amide bonds. The van der Waals surface area contributed by atoms with Crippen molar-refractivity contribution >= 4 is 43.5 Å². The maximum absolute atomic E-state index is 13.3. The summed E-state index contributed by atoms with van der Waals surface area (Å²) in [5.41, 5.74) is -0.319. The van der Waals surface area contributed by atoms with Gasteiger partial charge in [-0.1, -0.05) is 41.1 Å². The standard InChI is InChI=1S/C26H33BrF3N3O4S/c1-5-18(2)31-25(35)19(3)32(17-20-9-6-11-22(27)15-20)24(34)13-8-14-33(38(4,36)37)23-12-7-10-21(16-23)26(28,29)30/h6-7,9-12,15-16,18-19H,5,8,13-14,17H2,1-4H3,(H,31,35)/t18-,19-/m1/s1. The van der Waals surface area contributed by atoms with E-state index in [1.807, 2.05) is 38.1 Å². The molecule has 2 atom stereocenters. The van der Waals surface area contributed by atoms with E-state index in [1.54, 1.807) is 6.92 Å². The van der Waals surface area contributed by atoms with Gasteiger partial charge in [0.2, 0.25) is 21.8 Å². The van der Waals surface area contributed by atoms with Crippen LogP contribution in [-0.4, -0.2) is 50.0 Å². The van der Waals surface area contributed by atoms with E-state index in [2.05, 4.69) is 21.2 Å². The zero-order chi connectivity index (χ0) is 28.7. The zero-order valence-corrected chi connectivity index (χ0v) is 24.2. The Morgan fingerprint density at radius 3 is 2.32 bits per heavy atom. The van der Waals surface area contributed by atoms with Crippen LogP contribution in [0, 0.1) is 0 Å². The van der Waals surface area contributed by atoms with Crippen molar-refractivity contribution in [2.75, 3.05) is 17.1 Å². The fourth-order valence-corrected chi connectivity index (χ4v) is 5.13. The van der Waals surface area contributed by atoms with Crippen molar-refractivity contribution in [1.82, 2.24) is 10.2 Å². The van der Waals surface area contributed by atoms with Crippen LogP contribution in [0.3, 0.4) is 0 Å². The number of amides is 2. The van der Waals surface area contributed by atoms with Gasteiger partial charge in [-0.3, -0.25) is 13.9 Å². The van der Waals surface area contributed by atoms with Crippen molar-refractivity contribution in [2.24, 2.45) is 0 Å². The van der Waals surface area contributed by atoms with Gasteiger partial charge < -0.3 is 10.2 Å². The van der Waals surface area contributed by atoms with Crippen molar-refractivity contribution in [3.05, 3.63) is 64.1 Å². The van der Waals surface area contributed by atoms with Crippen LogP contribution in [-0.2, 0) is 32.3 Å². The third-order valence-corrected chi connectivity index (χ3v) is 7.71. The van der Waals surface area contributed by atoms with Crippen molar-refractivity contribution in [2.45, 2.75) is 64.8 Å². The largest absolute Gasteiger partial charge is 0.416 e. The summed E-state index contributed by atoms with van der Waals surface area (Å²) in [6, 6.07) is 10.5. The highest BCUT2D eigenvalue weighted by Crippen LogP contribution is 2.32. The third kappa shape index (κ3) is 9.30. The summed E-state index contributed by atoms with van der Waals surface area (Å²) < 4.78 is 66.0. The molecule has 0 unspecified atom stereocenters. The van der Waals surface area contributed by atoms with E-state index in [9.17, 15) is 31.2 Å². The lowest BCUT2D eigenvalue weighted by atomic mass is 10.1. The summed E-state index contributed by atoms with van der Waals surface area (Å²) in [7, 11) is -3.93. The van der Waals surface area contributed by atoms with Gasteiger partial charge in [-0.15, -0.1) is 0 Å². The Hall–Kier alpha value is -2.60. The van der Waals surface area contributed by atoms with Crippen molar-refractivity contribution < 1.29 is 31.2 Å². The van der Waals surface area contributed by atoms with Gasteiger partial charge in [-0.25, -0.2) is 8.42 Å². The Balaban J connectivity index is 2.22. The molecule has 0 saturated heterocycles. The molecule has 0 spiro atoms. The smallest absolute Gasteiger partial charge is 0.352 e. The van der Waals surface area contributed by atoms with E-state index in [1.165, 1.54) is 11.0 Å². The van der Waals surface area contributed by atoms with Gasteiger partial charge >= 0.3 is 6.18 Å². The Morgan fingerprint density at radius 2 is 1.74 bits per heavy atom. The molecular formula is C26H33BrF3N3O4S.